The molecule has 1 aromatic heterocycles. The number of carboxylic acid groups (broad SMARTS) is 1. The van der Waals surface area contributed by atoms with Crippen LogP contribution < -0.4 is 44.1 Å². The molecule has 2 aromatic carbocycles. The van der Waals surface area contributed by atoms with Gasteiger partial charge in [-0.25, -0.2) is 9.37 Å². The first kappa shape index (κ1) is 32.5. The van der Waals surface area contributed by atoms with Crippen LogP contribution in [0, 0.1) is 17.7 Å². The van der Waals surface area contributed by atoms with E-state index in [4.69, 9.17) is 9.47 Å². The van der Waals surface area contributed by atoms with Crippen molar-refractivity contribution in [3.63, 3.8) is 0 Å². The molecule has 6 nitrogen and oxygen atoms in total. The van der Waals surface area contributed by atoms with E-state index < -0.39 is 17.7 Å². The normalized spacial score (nSPS) is 18.0. The summed E-state index contributed by atoms with van der Waals surface area (Å²) < 4.78 is 26.9. The Morgan fingerprint density at radius 2 is 1.88 bits per heavy atom. The zero-order chi connectivity index (χ0) is 29.5. The van der Waals surface area contributed by atoms with Gasteiger partial charge in [0, 0.05) is 35.6 Å². The maximum atomic E-state index is 15.0. The molecule has 1 aliphatic carbocycles. The maximum Gasteiger partial charge on any atom is 1.00 e. The molecule has 3 aromatic rings. The van der Waals surface area contributed by atoms with Crippen molar-refractivity contribution in [1.82, 2.24) is 9.88 Å². The van der Waals surface area contributed by atoms with Crippen molar-refractivity contribution in [1.29, 1.82) is 0 Å². The Morgan fingerprint density at radius 3 is 2.52 bits per heavy atom. The predicted molar refractivity (Wildman–Crippen MR) is 155 cm³/mol. The first-order valence-corrected chi connectivity index (χ1v) is 14.5. The van der Waals surface area contributed by atoms with Crippen LogP contribution in [0.2, 0.25) is 0 Å². The third-order valence-corrected chi connectivity index (χ3v) is 8.84. The maximum absolute atomic E-state index is 15.0. The second-order valence-electron chi connectivity index (χ2n) is 12.6. The van der Waals surface area contributed by atoms with Crippen molar-refractivity contribution in [3.8, 4) is 22.8 Å². The van der Waals surface area contributed by atoms with Crippen molar-refractivity contribution in [3.05, 3.63) is 76.7 Å². The van der Waals surface area contributed by atoms with Crippen molar-refractivity contribution in [2.24, 2.45) is 11.8 Å². The van der Waals surface area contributed by atoms with Gasteiger partial charge in [-0.2, -0.15) is 0 Å². The molecule has 2 heterocycles. The topological polar surface area (TPSA) is 74.7 Å². The number of hydrogen-bond donors (Lipinski definition) is 0. The van der Waals surface area contributed by atoms with Crippen LogP contribution in [-0.4, -0.2) is 35.5 Å². The van der Waals surface area contributed by atoms with Crippen LogP contribution in [0.1, 0.15) is 81.2 Å². The van der Waals surface area contributed by atoms with E-state index >= 15 is 4.39 Å². The molecular weight excluding hydrogens is 542 g/mol. The summed E-state index contributed by atoms with van der Waals surface area (Å²) in [4.78, 5) is 18.0. The minimum Gasteiger partial charge on any atom is -0.550 e. The van der Waals surface area contributed by atoms with E-state index in [9.17, 15) is 9.90 Å². The fourth-order valence-electron chi connectivity index (χ4n) is 5.84. The van der Waals surface area contributed by atoms with E-state index in [-0.39, 0.29) is 47.1 Å². The number of aromatic nitrogens is 1. The van der Waals surface area contributed by atoms with Gasteiger partial charge in [0.05, 0.1) is 13.3 Å². The van der Waals surface area contributed by atoms with Crippen LogP contribution in [-0.2, 0) is 17.8 Å². The van der Waals surface area contributed by atoms with Gasteiger partial charge in [-0.1, -0.05) is 37.3 Å². The average molecular weight is 583 g/mol. The molecular formula is C34H40FN2NaO4. The van der Waals surface area contributed by atoms with Crippen LogP contribution in [0.3, 0.4) is 0 Å². The molecule has 0 spiro atoms. The van der Waals surface area contributed by atoms with Gasteiger partial charge in [-0.15, -0.1) is 0 Å². The quantitative estimate of drug-likeness (QED) is 0.361. The van der Waals surface area contributed by atoms with Crippen molar-refractivity contribution in [2.75, 3.05) is 14.2 Å². The van der Waals surface area contributed by atoms with Gasteiger partial charge in [0.2, 0.25) is 5.88 Å². The second kappa shape index (κ2) is 13.0. The number of rotatable bonds is 9. The summed E-state index contributed by atoms with van der Waals surface area (Å²) in [5, 5.41) is 11.7. The molecule has 2 aliphatic rings. The number of benzene rings is 2. The van der Waals surface area contributed by atoms with E-state index in [1.54, 1.807) is 13.0 Å². The molecule has 42 heavy (non-hydrogen) atoms. The molecule has 0 radical (unpaired) electrons. The molecule has 218 valence electrons. The van der Waals surface area contributed by atoms with Crippen molar-refractivity contribution >= 4 is 5.97 Å². The molecule has 5 rings (SSSR count). The van der Waals surface area contributed by atoms with Crippen molar-refractivity contribution < 1.29 is 53.3 Å². The minimum atomic E-state index is -1.01. The molecule has 0 N–H and O–H groups in total. The monoisotopic (exact) mass is 582 g/mol. The second-order valence-corrected chi connectivity index (χ2v) is 12.6. The van der Waals surface area contributed by atoms with Gasteiger partial charge in [-0.05, 0) is 99.2 Å². The summed E-state index contributed by atoms with van der Waals surface area (Å²) in [6, 6.07) is 14.0. The van der Waals surface area contributed by atoms with Crippen LogP contribution >= 0.6 is 0 Å². The molecule has 1 saturated carbocycles. The van der Waals surface area contributed by atoms with Gasteiger partial charge < -0.3 is 19.4 Å². The van der Waals surface area contributed by atoms with Gasteiger partial charge >= 0.3 is 29.6 Å². The number of nitrogens with zero attached hydrogens (tertiary/aromatic N) is 2. The van der Waals surface area contributed by atoms with Crippen LogP contribution in [0.25, 0.3) is 11.1 Å². The van der Waals surface area contributed by atoms with E-state index in [2.05, 4.69) is 55.9 Å². The van der Waals surface area contributed by atoms with E-state index in [0.717, 1.165) is 59.3 Å². The Kier molecular flexibility index (Phi) is 10.1. The molecule has 0 saturated heterocycles. The zero-order valence-electron chi connectivity index (χ0n) is 25.9. The first-order chi connectivity index (χ1) is 19.5. The predicted octanol–water partition coefficient (Wildman–Crippen LogP) is 3.08. The van der Waals surface area contributed by atoms with Crippen molar-refractivity contribution in [2.45, 2.75) is 77.5 Å². The summed E-state index contributed by atoms with van der Waals surface area (Å²) >= 11 is 0. The zero-order valence-corrected chi connectivity index (χ0v) is 27.9. The molecule has 3 atom stereocenters. The van der Waals surface area contributed by atoms with Crippen LogP contribution in [0.15, 0.2) is 48.7 Å². The number of aliphatic carboxylic acids is 1. The number of carbonyl (C=O) groups is 1. The summed E-state index contributed by atoms with van der Waals surface area (Å²) in [6.07, 6.45) is 4.81. The van der Waals surface area contributed by atoms with E-state index in [0.29, 0.717) is 23.9 Å². The molecule has 0 amide bonds. The van der Waals surface area contributed by atoms with Crippen LogP contribution in [0.4, 0.5) is 4.39 Å². The Labute approximate surface area is 270 Å². The summed E-state index contributed by atoms with van der Waals surface area (Å²) in [5.74, 6) is -0.470. The number of carbonyl (C=O) groups excluding carboxylic acids is 1. The summed E-state index contributed by atoms with van der Waals surface area (Å²) in [7, 11) is 3.59. The fourth-order valence-corrected chi connectivity index (χ4v) is 5.84. The number of pyridine rings is 1. The number of halogens is 1. The van der Waals surface area contributed by atoms with E-state index in [1.807, 2.05) is 18.2 Å². The Hall–Kier alpha value is -2.45. The minimum absolute atomic E-state index is 0. The number of hydrogen-bond acceptors (Lipinski definition) is 6. The van der Waals surface area contributed by atoms with Gasteiger partial charge in [0.1, 0.15) is 17.7 Å². The average Bonchev–Trinajstić information content (AvgIpc) is 3.78. The largest absolute Gasteiger partial charge is 1.00 e. The number of ether oxygens (including phenoxy) is 2. The third-order valence-electron chi connectivity index (χ3n) is 8.84. The Bertz CT molecular complexity index is 1440. The SMILES string of the molecule is COc1cc(-c2ccc([C@@H]3CCc4ccc([C@H](C5CC5)[C@H](C)C(=O)[O-])cc4O3)cc2CN(C)C(C)(C)C)c(F)cn1.[Na+]. The first-order valence-electron chi connectivity index (χ1n) is 14.5. The van der Waals surface area contributed by atoms with Gasteiger partial charge in [-0.3, -0.25) is 4.90 Å². The Balaban J connectivity index is 0.00000405. The Morgan fingerprint density at radius 1 is 1.14 bits per heavy atom. The summed E-state index contributed by atoms with van der Waals surface area (Å²) in [5.41, 5.74) is 5.33. The molecule has 1 aliphatic heterocycles. The van der Waals surface area contributed by atoms with Crippen LogP contribution in [0.5, 0.6) is 11.6 Å². The standard InChI is InChI=1S/C34H41FN2O4.Na/c1-20(33(38)39)32(22-8-9-22)24-10-7-21-12-14-29(41-30(21)16-24)23-11-13-26(25(15-23)19-37(5)34(2,3)4)27-17-31(40-6)36-18-28(27)35;/h7,10-11,13,15-18,20,22,29,32H,8-9,12,14,19H2,1-6H3,(H,38,39);/q;+1/p-1/t20-,29-,32-;/m0./s1. The fraction of sp³-hybridized carbons (Fsp3) is 0.471. The number of carboxylic acids is 1. The third kappa shape index (κ3) is 7.02. The van der Waals surface area contributed by atoms with Gasteiger partial charge in [0.25, 0.3) is 0 Å². The number of aryl methyl sites for hydroxylation is 1. The summed E-state index contributed by atoms with van der Waals surface area (Å²) in [6.45, 7) is 8.83. The molecule has 0 unspecified atom stereocenters. The number of fused-ring (bicyclic) bond motifs is 1. The molecule has 1 fully saturated rings. The van der Waals surface area contributed by atoms with E-state index in [1.165, 1.54) is 13.3 Å². The number of methoxy groups -OCH3 is 1. The molecule has 0 bridgehead atoms. The smallest absolute Gasteiger partial charge is 0.550 e. The molecule has 8 heteroatoms. The van der Waals surface area contributed by atoms with Gasteiger partial charge in [0.15, 0.2) is 0 Å².